The van der Waals surface area contributed by atoms with Gasteiger partial charge in [-0.15, -0.1) is 0 Å². The summed E-state index contributed by atoms with van der Waals surface area (Å²) in [4.78, 5) is 23.1. The van der Waals surface area contributed by atoms with Crippen molar-refractivity contribution >= 4 is 43.4 Å². The van der Waals surface area contributed by atoms with Crippen molar-refractivity contribution in [2.24, 2.45) is 0 Å². The number of carbonyl (C=O) groups is 2. The van der Waals surface area contributed by atoms with Crippen LogP contribution < -0.4 is 0 Å². The molecule has 2 aromatic carbocycles. The highest BCUT2D eigenvalue weighted by molar-refractivity contribution is 9.09. The second-order valence-electron chi connectivity index (χ2n) is 9.00. The summed E-state index contributed by atoms with van der Waals surface area (Å²) in [6.07, 6.45) is 11.9. The van der Waals surface area contributed by atoms with Gasteiger partial charge >= 0.3 is 0 Å². The predicted molar refractivity (Wildman–Crippen MR) is 140 cm³/mol. The number of hydrogen-bond donors (Lipinski definition) is 0. The normalized spacial score (nSPS) is 17.7. The molecule has 3 aliphatic rings. The van der Waals surface area contributed by atoms with Crippen molar-refractivity contribution in [3.8, 4) is 0 Å². The van der Waals surface area contributed by atoms with Crippen LogP contribution in [0, 0.1) is 0 Å². The summed E-state index contributed by atoms with van der Waals surface area (Å²) in [5, 5.41) is 2.31. The fraction of sp³-hybridized carbons (Fsp3) is 0.500. The fourth-order valence-electron chi connectivity index (χ4n) is 5.09. The lowest BCUT2D eigenvalue weighted by Gasteiger charge is -2.32. The molecule has 0 saturated heterocycles. The minimum atomic E-state index is -0.0746. The van der Waals surface area contributed by atoms with E-state index >= 15 is 0 Å². The van der Waals surface area contributed by atoms with E-state index in [4.69, 9.17) is 0 Å². The van der Waals surface area contributed by atoms with Gasteiger partial charge in [-0.2, -0.15) is 0 Å². The van der Waals surface area contributed by atoms with Crippen LogP contribution in [0.4, 0.5) is 0 Å². The Morgan fingerprint density at radius 3 is 1.75 bits per heavy atom. The minimum Gasteiger partial charge on any atom is -0.299 e. The van der Waals surface area contributed by atoms with Gasteiger partial charge in [-0.1, -0.05) is 106 Å². The topological polar surface area (TPSA) is 34.1 Å². The highest BCUT2D eigenvalue weighted by Crippen LogP contribution is 2.46. The zero-order valence-corrected chi connectivity index (χ0v) is 22.1. The first-order chi connectivity index (χ1) is 15.6. The highest BCUT2D eigenvalue weighted by atomic mass is 79.9. The van der Waals surface area contributed by atoms with Crippen LogP contribution in [0.2, 0.25) is 0 Å². The molecular formula is C28H34Br2O2. The van der Waals surface area contributed by atoms with Crippen LogP contribution in [-0.2, 0) is 34.3 Å². The molecule has 0 bridgehead atoms. The molecule has 1 saturated carbocycles. The molecule has 172 valence electrons. The second-order valence-corrected chi connectivity index (χ2v) is 10.6. The number of carbonyl (C=O) groups excluding carboxylic acids is 2. The quantitative estimate of drug-likeness (QED) is 0.289. The van der Waals surface area contributed by atoms with Gasteiger partial charge in [0.25, 0.3) is 0 Å². The van der Waals surface area contributed by atoms with Crippen LogP contribution in [0.5, 0.6) is 0 Å². The average Bonchev–Trinajstić information content (AvgIpc) is 3.32. The van der Waals surface area contributed by atoms with E-state index in [0.717, 1.165) is 23.5 Å². The molecule has 4 heteroatoms. The van der Waals surface area contributed by atoms with E-state index in [2.05, 4.69) is 50.1 Å². The summed E-state index contributed by atoms with van der Waals surface area (Å²) in [5.74, 6) is 0.824. The number of alkyl halides is 2. The van der Waals surface area contributed by atoms with Gasteiger partial charge < -0.3 is 0 Å². The van der Waals surface area contributed by atoms with E-state index in [0.29, 0.717) is 30.8 Å². The Kier molecular flexibility index (Phi) is 10.2. The Balaban J connectivity index is 0.000000148. The molecule has 0 amide bonds. The van der Waals surface area contributed by atoms with Gasteiger partial charge in [0.05, 0.1) is 5.41 Å². The van der Waals surface area contributed by atoms with Crippen molar-refractivity contribution in [2.45, 2.75) is 76.0 Å². The van der Waals surface area contributed by atoms with Gasteiger partial charge in [0, 0.05) is 29.9 Å². The maximum Gasteiger partial charge on any atom is 0.147 e. The van der Waals surface area contributed by atoms with E-state index in [1.165, 1.54) is 60.8 Å². The third kappa shape index (κ3) is 6.41. The van der Waals surface area contributed by atoms with Gasteiger partial charge in [0.2, 0.25) is 0 Å². The van der Waals surface area contributed by atoms with Crippen molar-refractivity contribution in [1.29, 1.82) is 0 Å². The molecule has 1 fully saturated rings. The maximum absolute atomic E-state index is 12.2. The number of halogens is 2. The van der Waals surface area contributed by atoms with E-state index < -0.39 is 0 Å². The minimum absolute atomic E-state index is 0.0746. The van der Waals surface area contributed by atoms with Crippen LogP contribution in [-0.4, -0.2) is 22.2 Å². The number of rotatable bonds is 4. The number of benzene rings is 2. The molecule has 32 heavy (non-hydrogen) atoms. The number of Topliss-reactive ketones (excluding diaryl/α,β-unsaturated/α-hetero) is 2. The molecule has 0 aliphatic heterocycles. The summed E-state index contributed by atoms with van der Waals surface area (Å²) in [6.45, 7) is 0. The lowest BCUT2D eigenvalue weighted by molar-refractivity contribution is -0.124. The number of hydrogen-bond acceptors (Lipinski definition) is 2. The molecule has 0 radical (unpaired) electrons. The van der Waals surface area contributed by atoms with Crippen LogP contribution in [0.1, 0.15) is 73.6 Å². The molecule has 5 rings (SSSR count). The molecule has 0 heterocycles. The smallest absolute Gasteiger partial charge is 0.147 e. The summed E-state index contributed by atoms with van der Waals surface area (Å²) >= 11 is 6.73. The fourth-order valence-corrected chi connectivity index (χ4v) is 5.89. The summed E-state index contributed by atoms with van der Waals surface area (Å²) < 4.78 is 0. The van der Waals surface area contributed by atoms with E-state index in [9.17, 15) is 9.59 Å². The van der Waals surface area contributed by atoms with Crippen molar-refractivity contribution in [2.75, 3.05) is 10.7 Å². The average molecular weight is 562 g/mol. The van der Waals surface area contributed by atoms with E-state index in [1.807, 2.05) is 30.3 Å². The third-order valence-electron chi connectivity index (χ3n) is 6.79. The number of ketones is 2. The van der Waals surface area contributed by atoms with E-state index in [1.54, 1.807) is 0 Å². The lowest BCUT2D eigenvalue weighted by Crippen LogP contribution is -2.34. The molecule has 3 aliphatic carbocycles. The van der Waals surface area contributed by atoms with Crippen molar-refractivity contribution in [3.05, 3.63) is 70.8 Å². The molecule has 2 aromatic rings. The van der Waals surface area contributed by atoms with Crippen LogP contribution in [0.15, 0.2) is 48.5 Å². The van der Waals surface area contributed by atoms with Crippen LogP contribution in [0.25, 0.3) is 0 Å². The Hall–Kier alpha value is -1.26. The van der Waals surface area contributed by atoms with Gasteiger partial charge in [0.1, 0.15) is 11.6 Å². The van der Waals surface area contributed by atoms with Crippen molar-refractivity contribution in [3.63, 3.8) is 0 Å². The van der Waals surface area contributed by atoms with Crippen LogP contribution >= 0.6 is 31.9 Å². The summed E-state index contributed by atoms with van der Waals surface area (Å²) in [7, 11) is 0. The van der Waals surface area contributed by atoms with Crippen LogP contribution in [0.3, 0.4) is 0 Å². The Labute approximate surface area is 209 Å². The summed E-state index contributed by atoms with van der Waals surface area (Å²) in [5.41, 5.74) is 4.98. The largest absolute Gasteiger partial charge is 0.299 e. The Bertz CT molecular complexity index is 869. The van der Waals surface area contributed by atoms with Gasteiger partial charge in [-0.05, 0) is 47.9 Å². The maximum atomic E-state index is 12.2. The Morgan fingerprint density at radius 1 is 0.656 bits per heavy atom. The highest BCUT2D eigenvalue weighted by Gasteiger charge is 2.45. The Morgan fingerprint density at radius 2 is 1.19 bits per heavy atom. The second kappa shape index (κ2) is 12.8. The van der Waals surface area contributed by atoms with Crippen molar-refractivity contribution < 1.29 is 9.59 Å². The molecule has 1 spiro atoms. The zero-order chi connectivity index (χ0) is 22.8. The molecular weight excluding hydrogens is 528 g/mol. The lowest BCUT2D eigenvalue weighted by atomic mass is 9.70. The first-order valence-corrected chi connectivity index (χ1v) is 14.2. The van der Waals surface area contributed by atoms with E-state index in [-0.39, 0.29) is 5.41 Å². The first kappa shape index (κ1) is 25.4. The number of unbranched alkanes of at least 4 members (excludes halogenated alkanes) is 2. The molecule has 0 unspecified atom stereocenters. The first-order valence-electron chi connectivity index (χ1n) is 11.9. The number of fused-ring (bicyclic) bond motifs is 3. The molecule has 0 aromatic heterocycles. The molecule has 2 nitrogen and oxygen atoms in total. The predicted octanol–water partition coefficient (Wildman–Crippen LogP) is 7.31. The molecule has 0 N–H and O–H groups in total. The van der Waals surface area contributed by atoms with Crippen molar-refractivity contribution in [1.82, 2.24) is 0 Å². The zero-order valence-electron chi connectivity index (χ0n) is 18.9. The SMILES string of the molecule is BrCCCCCBr.O=C1Cc2ccccc2C1.O=C1Cc2ccccc2C12CCCCC2. The van der Waals surface area contributed by atoms with Gasteiger partial charge in [0.15, 0.2) is 0 Å². The standard InChI is InChI=1S/C14H16O.C9H8O.C5H10Br2/c15-13-10-11-6-2-3-7-12(11)14(13)8-4-1-5-9-14;10-9-5-7-3-1-2-4-8(7)6-9;6-4-2-1-3-5-7/h2-3,6-7H,1,4-5,8-10H2;1-4H,5-6H2;1-5H2. The third-order valence-corrected chi connectivity index (χ3v) is 7.91. The van der Waals surface area contributed by atoms with Gasteiger partial charge in [-0.3, -0.25) is 9.59 Å². The van der Waals surface area contributed by atoms with Gasteiger partial charge in [-0.25, -0.2) is 0 Å². The summed E-state index contributed by atoms with van der Waals surface area (Å²) in [6, 6.07) is 16.4. The molecule has 0 atom stereocenters. The monoisotopic (exact) mass is 560 g/mol.